The summed E-state index contributed by atoms with van der Waals surface area (Å²) < 4.78 is 0. The molecule has 1 fully saturated rings. The molecule has 7 heteroatoms. The number of halogens is 1. The van der Waals surface area contributed by atoms with E-state index in [0.717, 1.165) is 12.2 Å². The van der Waals surface area contributed by atoms with Gasteiger partial charge in [0.25, 0.3) is 0 Å². The summed E-state index contributed by atoms with van der Waals surface area (Å²) in [6, 6.07) is 2.97. The first-order chi connectivity index (χ1) is 8.15. The van der Waals surface area contributed by atoms with E-state index in [-0.39, 0.29) is 0 Å². The first-order valence-corrected chi connectivity index (χ1v) is 5.69. The standard InChI is InChI=1S/C10H13ClN4O2/c11-9-2-1-7(13-14-9)5-15-4-3-12-8(6-15)10(16)17/h1-2,8,12H,3-6H2,(H,16,17)/t8-/m0/s1. The minimum absolute atomic E-state index is 0.359. The number of aliphatic carboxylic acids is 1. The lowest BCUT2D eigenvalue weighted by Gasteiger charge is -2.31. The van der Waals surface area contributed by atoms with Crippen LogP contribution in [0.15, 0.2) is 12.1 Å². The van der Waals surface area contributed by atoms with Gasteiger partial charge >= 0.3 is 5.97 Å². The van der Waals surface area contributed by atoms with Gasteiger partial charge in [0.2, 0.25) is 0 Å². The number of carboxylic acid groups (broad SMARTS) is 1. The fourth-order valence-electron chi connectivity index (χ4n) is 1.78. The molecule has 0 saturated carbocycles. The summed E-state index contributed by atoms with van der Waals surface area (Å²) in [5.74, 6) is -0.822. The van der Waals surface area contributed by atoms with Crippen LogP contribution in [-0.2, 0) is 11.3 Å². The molecule has 1 aliphatic heterocycles. The normalized spacial score (nSPS) is 21.4. The van der Waals surface area contributed by atoms with Crippen LogP contribution in [0.5, 0.6) is 0 Å². The second kappa shape index (κ2) is 5.39. The van der Waals surface area contributed by atoms with Gasteiger partial charge in [0.05, 0.1) is 5.69 Å². The van der Waals surface area contributed by atoms with E-state index in [1.54, 1.807) is 12.1 Å². The van der Waals surface area contributed by atoms with Crippen LogP contribution < -0.4 is 5.32 Å². The van der Waals surface area contributed by atoms with Crippen molar-refractivity contribution in [2.75, 3.05) is 19.6 Å². The molecule has 1 aromatic heterocycles. The van der Waals surface area contributed by atoms with Gasteiger partial charge in [-0.05, 0) is 12.1 Å². The van der Waals surface area contributed by atoms with Crippen LogP contribution >= 0.6 is 11.6 Å². The number of nitrogens with one attached hydrogen (secondary N) is 1. The molecule has 2 N–H and O–H groups in total. The zero-order chi connectivity index (χ0) is 12.3. The fraction of sp³-hybridized carbons (Fsp3) is 0.500. The molecule has 92 valence electrons. The van der Waals surface area contributed by atoms with E-state index < -0.39 is 12.0 Å². The highest BCUT2D eigenvalue weighted by Crippen LogP contribution is 2.07. The van der Waals surface area contributed by atoms with E-state index in [2.05, 4.69) is 15.5 Å². The van der Waals surface area contributed by atoms with Crippen LogP contribution in [0.1, 0.15) is 5.69 Å². The number of hydrogen-bond donors (Lipinski definition) is 2. The van der Waals surface area contributed by atoms with Crippen molar-refractivity contribution in [1.82, 2.24) is 20.4 Å². The summed E-state index contributed by atoms with van der Waals surface area (Å²) in [6.07, 6.45) is 0. The lowest BCUT2D eigenvalue weighted by molar-refractivity contribution is -0.140. The van der Waals surface area contributed by atoms with Gasteiger partial charge in [0, 0.05) is 26.2 Å². The third-order valence-corrected chi connectivity index (χ3v) is 2.83. The smallest absolute Gasteiger partial charge is 0.322 e. The van der Waals surface area contributed by atoms with Crippen molar-refractivity contribution in [3.05, 3.63) is 23.0 Å². The largest absolute Gasteiger partial charge is 0.480 e. The maximum atomic E-state index is 10.9. The lowest BCUT2D eigenvalue weighted by atomic mass is 10.2. The molecule has 0 amide bonds. The summed E-state index contributed by atoms with van der Waals surface area (Å²) in [5.41, 5.74) is 0.792. The predicted molar refractivity (Wildman–Crippen MR) is 61.7 cm³/mol. The topological polar surface area (TPSA) is 78.3 Å². The maximum Gasteiger partial charge on any atom is 0.322 e. The third kappa shape index (κ3) is 3.36. The van der Waals surface area contributed by atoms with E-state index >= 15 is 0 Å². The highest BCUT2D eigenvalue weighted by atomic mass is 35.5. The number of nitrogens with zero attached hydrogens (tertiary/aromatic N) is 3. The van der Waals surface area contributed by atoms with Gasteiger partial charge in [-0.25, -0.2) is 0 Å². The molecule has 1 aromatic rings. The van der Waals surface area contributed by atoms with Crippen molar-refractivity contribution in [3.8, 4) is 0 Å². The summed E-state index contributed by atoms with van der Waals surface area (Å²) in [6.45, 7) is 2.53. The van der Waals surface area contributed by atoms with Crippen LogP contribution in [0.2, 0.25) is 5.15 Å². The van der Waals surface area contributed by atoms with Crippen LogP contribution in [0, 0.1) is 0 Å². The molecule has 0 radical (unpaired) electrons. The SMILES string of the molecule is O=C(O)[C@@H]1CN(Cc2ccc(Cl)nn2)CCN1. The summed E-state index contributed by atoms with van der Waals surface area (Å²) in [4.78, 5) is 12.9. The average Bonchev–Trinajstić information content (AvgIpc) is 2.32. The Balaban J connectivity index is 1.94. The number of rotatable bonds is 3. The second-order valence-electron chi connectivity index (χ2n) is 3.93. The molecule has 0 unspecified atom stereocenters. The molecule has 6 nitrogen and oxygen atoms in total. The Kier molecular flexibility index (Phi) is 3.88. The Labute approximate surface area is 104 Å². The van der Waals surface area contributed by atoms with E-state index in [0.29, 0.717) is 24.8 Å². The van der Waals surface area contributed by atoms with Gasteiger partial charge in [0.1, 0.15) is 6.04 Å². The van der Waals surface area contributed by atoms with Gasteiger partial charge in [-0.1, -0.05) is 11.6 Å². The van der Waals surface area contributed by atoms with Crippen molar-refractivity contribution in [2.24, 2.45) is 0 Å². The molecule has 0 bridgehead atoms. The Morgan fingerprint density at radius 3 is 3.06 bits per heavy atom. The van der Waals surface area contributed by atoms with E-state index in [1.807, 2.05) is 4.90 Å². The van der Waals surface area contributed by atoms with Crippen molar-refractivity contribution >= 4 is 17.6 Å². The van der Waals surface area contributed by atoms with E-state index in [1.165, 1.54) is 0 Å². The molecule has 1 atom stereocenters. The van der Waals surface area contributed by atoms with Crippen molar-refractivity contribution in [3.63, 3.8) is 0 Å². The molecule has 2 heterocycles. The number of carbonyl (C=O) groups is 1. The molecule has 2 rings (SSSR count). The third-order valence-electron chi connectivity index (χ3n) is 2.63. The highest BCUT2D eigenvalue weighted by Gasteiger charge is 2.24. The van der Waals surface area contributed by atoms with Crippen molar-refractivity contribution in [1.29, 1.82) is 0 Å². The Morgan fingerprint density at radius 2 is 2.41 bits per heavy atom. The highest BCUT2D eigenvalue weighted by molar-refractivity contribution is 6.29. The molecular weight excluding hydrogens is 244 g/mol. The Morgan fingerprint density at radius 1 is 1.59 bits per heavy atom. The predicted octanol–water partition coefficient (Wildman–Crippen LogP) is -0.0116. The minimum atomic E-state index is -0.822. The van der Waals surface area contributed by atoms with Gasteiger partial charge in [-0.15, -0.1) is 5.10 Å². The first-order valence-electron chi connectivity index (χ1n) is 5.32. The van der Waals surface area contributed by atoms with Crippen LogP contribution in [0.4, 0.5) is 0 Å². The minimum Gasteiger partial charge on any atom is -0.480 e. The quantitative estimate of drug-likeness (QED) is 0.792. The molecule has 1 aliphatic rings. The number of piperazine rings is 1. The number of carboxylic acids is 1. The molecule has 0 spiro atoms. The van der Waals surface area contributed by atoms with Crippen LogP contribution in [-0.4, -0.2) is 51.8 Å². The summed E-state index contributed by atoms with van der Waals surface area (Å²) in [7, 11) is 0. The van der Waals surface area contributed by atoms with Gasteiger partial charge in [0.15, 0.2) is 5.15 Å². The first kappa shape index (κ1) is 12.2. The molecule has 17 heavy (non-hydrogen) atoms. The fourth-order valence-corrected chi connectivity index (χ4v) is 1.88. The summed E-state index contributed by atoms with van der Waals surface area (Å²) in [5, 5.41) is 19.9. The Hall–Kier alpha value is -1.24. The van der Waals surface area contributed by atoms with Crippen molar-refractivity contribution < 1.29 is 9.90 Å². The van der Waals surface area contributed by atoms with Gasteiger partial charge in [-0.2, -0.15) is 5.10 Å². The van der Waals surface area contributed by atoms with E-state index in [9.17, 15) is 4.79 Å². The number of aromatic nitrogens is 2. The van der Waals surface area contributed by atoms with Crippen molar-refractivity contribution in [2.45, 2.75) is 12.6 Å². The Bertz CT molecular complexity index is 398. The second-order valence-corrected chi connectivity index (χ2v) is 4.31. The van der Waals surface area contributed by atoms with Gasteiger partial charge < -0.3 is 10.4 Å². The lowest BCUT2D eigenvalue weighted by Crippen LogP contribution is -2.53. The molecule has 0 aromatic carbocycles. The maximum absolute atomic E-state index is 10.9. The van der Waals surface area contributed by atoms with Crippen LogP contribution in [0.25, 0.3) is 0 Å². The van der Waals surface area contributed by atoms with Gasteiger partial charge in [-0.3, -0.25) is 9.69 Å². The average molecular weight is 257 g/mol. The number of hydrogen-bond acceptors (Lipinski definition) is 5. The molecule has 0 aliphatic carbocycles. The summed E-state index contributed by atoms with van der Waals surface area (Å²) >= 11 is 5.64. The molecular formula is C10H13ClN4O2. The van der Waals surface area contributed by atoms with E-state index in [4.69, 9.17) is 16.7 Å². The van der Waals surface area contributed by atoms with Crippen LogP contribution in [0.3, 0.4) is 0 Å². The monoisotopic (exact) mass is 256 g/mol. The molecule has 1 saturated heterocycles. The zero-order valence-electron chi connectivity index (χ0n) is 9.14. The zero-order valence-corrected chi connectivity index (χ0v) is 9.89.